The van der Waals surface area contributed by atoms with Gasteiger partial charge < -0.3 is 20.6 Å². The summed E-state index contributed by atoms with van der Waals surface area (Å²) in [5, 5.41) is 14.2. The maximum absolute atomic E-state index is 14.1. The summed E-state index contributed by atoms with van der Waals surface area (Å²) in [6, 6.07) is 10.7. The van der Waals surface area contributed by atoms with Gasteiger partial charge in [0, 0.05) is 4.75 Å². The molecule has 0 aliphatic carbocycles. The van der Waals surface area contributed by atoms with E-state index in [1.54, 1.807) is 44.2 Å². The Morgan fingerprint density at radius 2 is 1.73 bits per heavy atom. The predicted octanol–water partition coefficient (Wildman–Crippen LogP) is 1.93. The van der Waals surface area contributed by atoms with Gasteiger partial charge in [0.1, 0.15) is 29.3 Å². The number of amides is 3. The number of rotatable bonds is 6. The van der Waals surface area contributed by atoms with Crippen molar-refractivity contribution in [3.63, 3.8) is 0 Å². The molecular weight excluding hydrogens is 449 g/mol. The minimum absolute atomic E-state index is 0.213. The normalized spacial score (nSPS) is 23.8. The van der Waals surface area contributed by atoms with Crippen LogP contribution in [0.5, 0.6) is 0 Å². The highest BCUT2D eigenvalue weighted by atomic mass is 32.2. The summed E-state index contributed by atoms with van der Waals surface area (Å²) in [6.07, 6.45) is 0. The van der Waals surface area contributed by atoms with Gasteiger partial charge in [0.25, 0.3) is 5.91 Å². The third kappa shape index (κ3) is 4.06. The second-order valence-electron chi connectivity index (χ2n) is 8.38. The number of hydrogen-bond donors (Lipinski definition) is 3. The second-order valence-corrected chi connectivity index (χ2v) is 10.2. The third-order valence-corrected chi connectivity index (χ3v) is 7.33. The first-order valence-corrected chi connectivity index (χ1v) is 11.1. The number of nitrogens with zero attached hydrogens (tertiary/aromatic N) is 1. The van der Waals surface area contributed by atoms with Gasteiger partial charge in [-0.1, -0.05) is 42.5 Å². The SMILES string of the molecule is CC1(C)S[C@H]2[C@H](NC(=O)[C@H](NC(=O)c3ccccc3F)c3ccccc3)C(=O)N2[C@@H]1C(=O)O. The van der Waals surface area contributed by atoms with Crippen LogP contribution in [-0.4, -0.2) is 55.9 Å². The average Bonchev–Trinajstić information content (AvgIpc) is 3.04. The number of carbonyl (C=O) groups is 4. The van der Waals surface area contributed by atoms with Crippen LogP contribution in [0.25, 0.3) is 0 Å². The Morgan fingerprint density at radius 3 is 2.36 bits per heavy atom. The maximum Gasteiger partial charge on any atom is 0.327 e. The molecule has 2 aliphatic heterocycles. The Morgan fingerprint density at radius 1 is 1.09 bits per heavy atom. The Bertz CT molecular complexity index is 1130. The number of carbonyl (C=O) groups excluding carboxylic acids is 3. The van der Waals surface area contributed by atoms with Crippen LogP contribution < -0.4 is 10.6 Å². The van der Waals surface area contributed by atoms with Crippen molar-refractivity contribution in [3.05, 3.63) is 71.5 Å². The van der Waals surface area contributed by atoms with E-state index in [9.17, 15) is 28.7 Å². The highest BCUT2D eigenvalue weighted by Gasteiger charge is 2.64. The number of benzene rings is 2. The van der Waals surface area contributed by atoms with Gasteiger partial charge in [-0.05, 0) is 31.5 Å². The van der Waals surface area contributed by atoms with Gasteiger partial charge in [0.15, 0.2) is 0 Å². The first-order chi connectivity index (χ1) is 15.6. The van der Waals surface area contributed by atoms with E-state index in [4.69, 9.17) is 0 Å². The van der Waals surface area contributed by atoms with E-state index in [0.717, 1.165) is 6.07 Å². The molecule has 4 atom stereocenters. The Kier molecular flexibility index (Phi) is 5.87. The van der Waals surface area contributed by atoms with Gasteiger partial charge >= 0.3 is 5.97 Å². The number of fused-ring (bicyclic) bond motifs is 1. The van der Waals surface area contributed by atoms with E-state index in [1.807, 2.05) is 0 Å². The van der Waals surface area contributed by atoms with Gasteiger partial charge in [0.2, 0.25) is 11.8 Å². The number of β-lactam (4-membered cyclic amide) rings is 1. The summed E-state index contributed by atoms with van der Waals surface area (Å²) in [5.41, 5.74) is 0.237. The minimum Gasteiger partial charge on any atom is -0.480 e. The van der Waals surface area contributed by atoms with Crippen LogP contribution in [-0.2, 0) is 14.4 Å². The number of hydrogen-bond acceptors (Lipinski definition) is 5. The number of nitrogens with one attached hydrogen (secondary N) is 2. The quantitative estimate of drug-likeness (QED) is 0.555. The summed E-state index contributed by atoms with van der Waals surface area (Å²) in [4.78, 5) is 51.6. The van der Waals surface area contributed by atoms with E-state index >= 15 is 0 Å². The summed E-state index contributed by atoms with van der Waals surface area (Å²) >= 11 is 1.30. The molecule has 2 aliphatic rings. The first-order valence-electron chi connectivity index (χ1n) is 10.3. The van der Waals surface area contributed by atoms with Crippen molar-refractivity contribution < 1.29 is 28.7 Å². The lowest BCUT2D eigenvalue weighted by Gasteiger charge is -2.44. The summed E-state index contributed by atoms with van der Waals surface area (Å²) in [6.45, 7) is 3.48. The highest BCUT2D eigenvalue weighted by molar-refractivity contribution is 8.01. The van der Waals surface area contributed by atoms with Crippen molar-refractivity contribution in [2.45, 2.75) is 42.1 Å². The number of halogens is 1. The number of carboxylic acid groups (broad SMARTS) is 1. The largest absolute Gasteiger partial charge is 0.480 e. The minimum atomic E-state index is -1.19. The van der Waals surface area contributed by atoms with Crippen molar-refractivity contribution in [2.75, 3.05) is 0 Å². The van der Waals surface area contributed by atoms with Crippen molar-refractivity contribution in [1.29, 1.82) is 0 Å². The molecule has 4 rings (SSSR count). The van der Waals surface area contributed by atoms with Crippen LogP contribution in [0.4, 0.5) is 4.39 Å². The van der Waals surface area contributed by atoms with E-state index < -0.39 is 57.8 Å². The summed E-state index contributed by atoms with van der Waals surface area (Å²) in [7, 11) is 0. The summed E-state index contributed by atoms with van der Waals surface area (Å²) in [5.74, 6) is -3.75. The topological polar surface area (TPSA) is 116 Å². The summed E-state index contributed by atoms with van der Waals surface area (Å²) < 4.78 is 13.3. The van der Waals surface area contributed by atoms with Crippen molar-refractivity contribution >= 4 is 35.5 Å². The van der Waals surface area contributed by atoms with Gasteiger partial charge in [-0.15, -0.1) is 11.8 Å². The lowest BCUT2D eigenvalue weighted by Crippen LogP contribution is -2.71. The molecule has 0 saturated carbocycles. The average molecular weight is 472 g/mol. The number of thioether (sulfide) groups is 1. The zero-order chi connectivity index (χ0) is 23.9. The second kappa shape index (κ2) is 8.51. The van der Waals surface area contributed by atoms with E-state index in [-0.39, 0.29) is 5.56 Å². The molecular formula is C23H22FN3O5S. The fourth-order valence-electron chi connectivity index (χ4n) is 4.18. The van der Waals surface area contributed by atoms with Crippen molar-refractivity contribution in [2.24, 2.45) is 0 Å². The van der Waals surface area contributed by atoms with Crippen molar-refractivity contribution in [1.82, 2.24) is 15.5 Å². The van der Waals surface area contributed by atoms with Crippen LogP contribution in [0.15, 0.2) is 54.6 Å². The molecule has 0 bridgehead atoms. The van der Waals surface area contributed by atoms with Crippen LogP contribution >= 0.6 is 11.8 Å². The molecule has 0 spiro atoms. The van der Waals surface area contributed by atoms with Crippen LogP contribution in [0.3, 0.4) is 0 Å². The lowest BCUT2D eigenvalue weighted by molar-refractivity contribution is -0.161. The number of carboxylic acids is 1. The Labute approximate surface area is 193 Å². The van der Waals surface area contributed by atoms with Gasteiger partial charge in [-0.2, -0.15) is 0 Å². The molecule has 0 aromatic heterocycles. The maximum atomic E-state index is 14.1. The molecule has 0 unspecified atom stereocenters. The molecule has 3 N–H and O–H groups in total. The molecule has 2 heterocycles. The zero-order valence-electron chi connectivity index (χ0n) is 17.8. The van der Waals surface area contributed by atoms with Crippen LogP contribution in [0.2, 0.25) is 0 Å². The lowest BCUT2D eigenvalue weighted by atomic mass is 9.95. The fraction of sp³-hybridized carbons (Fsp3) is 0.304. The third-order valence-electron chi connectivity index (χ3n) is 5.76. The monoisotopic (exact) mass is 471 g/mol. The Hall–Kier alpha value is -3.40. The molecule has 2 aromatic rings. The Balaban J connectivity index is 1.55. The highest BCUT2D eigenvalue weighted by Crippen LogP contribution is 2.50. The van der Waals surface area contributed by atoms with Gasteiger partial charge in [-0.3, -0.25) is 14.4 Å². The van der Waals surface area contributed by atoms with Gasteiger partial charge in [0.05, 0.1) is 5.56 Å². The molecule has 3 amide bonds. The molecule has 172 valence electrons. The number of aliphatic carboxylic acids is 1. The molecule has 2 fully saturated rings. The molecule has 0 radical (unpaired) electrons. The van der Waals surface area contributed by atoms with E-state index in [2.05, 4.69) is 10.6 Å². The van der Waals surface area contributed by atoms with Crippen LogP contribution in [0, 0.1) is 5.82 Å². The standard InChI is InChI=1S/C23H22FN3O5S/c1-23(2)17(22(31)32)27-20(30)16(21(27)33-23)26-19(29)15(12-8-4-3-5-9-12)25-18(28)13-10-6-7-11-14(13)24/h3-11,15-17,21H,1-2H3,(H,25,28)(H,26,29)(H,31,32)/t15-,16-,17-,21+/m1/s1. The fourth-order valence-corrected chi connectivity index (χ4v) is 5.81. The first kappa shape index (κ1) is 22.8. The molecule has 8 nitrogen and oxygen atoms in total. The molecule has 2 aromatic carbocycles. The van der Waals surface area contributed by atoms with Crippen LogP contribution in [0.1, 0.15) is 35.8 Å². The van der Waals surface area contributed by atoms with Crippen molar-refractivity contribution in [3.8, 4) is 0 Å². The molecule has 10 heteroatoms. The van der Waals surface area contributed by atoms with E-state index in [0.29, 0.717) is 5.56 Å². The van der Waals surface area contributed by atoms with E-state index in [1.165, 1.54) is 34.9 Å². The van der Waals surface area contributed by atoms with Gasteiger partial charge in [-0.25, -0.2) is 9.18 Å². The zero-order valence-corrected chi connectivity index (χ0v) is 18.6. The molecule has 2 saturated heterocycles. The predicted molar refractivity (Wildman–Crippen MR) is 119 cm³/mol. The smallest absolute Gasteiger partial charge is 0.327 e. The molecule has 33 heavy (non-hydrogen) atoms.